The maximum Gasteiger partial charge on any atom is 0.238 e. The molecule has 0 unspecified atom stereocenters. The Kier molecular flexibility index (Phi) is 7.07. The molecule has 0 aliphatic carbocycles. The summed E-state index contributed by atoms with van der Waals surface area (Å²) in [5.74, 6) is 1.20. The number of primary amides is 1. The zero-order valence-electron chi connectivity index (χ0n) is 18.5. The highest BCUT2D eigenvalue weighted by Gasteiger charge is 2.45. The number of amides is 2. The van der Waals surface area contributed by atoms with E-state index in [-0.39, 0.29) is 11.8 Å². The minimum atomic E-state index is -0.554. The van der Waals surface area contributed by atoms with E-state index in [2.05, 4.69) is 15.1 Å². The summed E-state index contributed by atoms with van der Waals surface area (Å²) in [6.07, 6.45) is 4.83. The molecule has 0 bridgehead atoms. The molecule has 2 aromatic rings. The third kappa shape index (κ3) is 5.29. The zero-order chi connectivity index (χ0) is 22.4. The van der Waals surface area contributed by atoms with Gasteiger partial charge in [0.15, 0.2) is 0 Å². The van der Waals surface area contributed by atoms with Crippen LogP contribution in [-0.4, -0.2) is 59.9 Å². The van der Waals surface area contributed by atoms with Gasteiger partial charge in [0.05, 0.1) is 6.54 Å². The van der Waals surface area contributed by atoms with Crippen molar-refractivity contribution in [2.24, 2.45) is 5.73 Å². The molecular formula is C25H32N4O3. The number of para-hydroxylation sites is 1. The maximum atomic E-state index is 12.6. The Morgan fingerprint density at radius 1 is 0.875 bits per heavy atom. The molecule has 2 fully saturated rings. The van der Waals surface area contributed by atoms with Crippen molar-refractivity contribution in [3.8, 4) is 11.5 Å². The lowest BCUT2D eigenvalue weighted by atomic mass is 9.83. The lowest BCUT2D eigenvalue weighted by molar-refractivity contribution is -0.135. The van der Waals surface area contributed by atoms with Crippen LogP contribution in [0.3, 0.4) is 0 Å². The van der Waals surface area contributed by atoms with Crippen molar-refractivity contribution >= 4 is 17.5 Å². The van der Waals surface area contributed by atoms with Crippen LogP contribution < -0.4 is 15.8 Å². The largest absolute Gasteiger partial charge is 0.457 e. The Morgan fingerprint density at radius 2 is 1.50 bits per heavy atom. The second kappa shape index (κ2) is 10.1. The van der Waals surface area contributed by atoms with Crippen molar-refractivity contribution < 1.29 is 14.3 Å². The highest BCUT2D eigenvalue weighted by molar-refractivity contribution is 5.92. The molecule has 0 atom stereocenters. The molecule has 2 aliphatic rings. The Labute approximate surface area is 189 Å². The number of nitrogens with one attached hydrogen (secondary N) is 1. The van der Waals surface area contributed by atoms with Gasteiger partial charge in [0.2, 0.25) is 11.8 Å². The smallest absolute Gasteiger partial charge is 0.238 e. The Morgan fingerprint density at radius 3 is 2.12 bits per heavy atom. The fourth-order valence-corrected chi connectivity index (χ4v) is 4.76. The van der Waals surface area contributed by atoms with Gasteiger partial charge >= 0.3 is 0 Å². The number of likely N-dealkylation sites (tertiary alicyclic amines) is 2. The molecule has 170 valence electrons. The summed E-state index contributed by atoms with van der Waals surface area (Å²) in [4.78, 5) is 29.3. The number of piperidine rings is 2. The summed E-state index contributed by atoms with van der Waals surface area (Å²) >= 11 is 0. The van der Waals surface area contributed by atoms with E-state index in [1.807, 2.05) is 54.6 Å². The molecule has 7 heteroatoms. The van der Waals surface area contributed by atoms with Crippen molar-refractivity contribution in [1.29, 1.82) is 0 Å². The number of ether oxygens (including phenoxy) is 1. The van der Waals surface area contributed by atoms with Crippen LogP contribution in [0.4, 0.5) is 5.69 Å². The molecule has 0 aromatic heterocycles. The third-order valence-electron chi connectivity index (χ3n) is 6.59. The molecule has 0 radical (unpaired) electrons. The van der Waals surface area contributed by atoms with Gasteiger partial charge < -0.3 is 15.8 Å². The molecule has 0 saturated carbocycles. The van der Waals surface area contributed by atoms with Gasteiger partial charge in [-0.25, -0.2) is 0 Å². The van der Waals surface area contributed by atoms with Gasteiger partial charge in [-0.05, 0) is 75.2 Å². The number of benzene rings is 2. The fraction of sp³-hybridized carbons (Fsp3) is 0.440. The lowest BCUT2D eigenvalue weighted by Gasteiger charge is -2.48. The lowest BCUT2D eigenvalue weighted by Crippen LogP contribution is -2.63. The summed E-state index contributed by atoms with van der Waals surface area (Å²) in [5.41, 5.74) is 6.03. The van der Waals surface area contributed by atoms with E-state index in [9.17, 15) is 9.59 Å². The summed E-state index contributed by atoms with van der Waals surface area (Å²) in [6, 6.07) is 16.9. The number of hydrogen-bond donors (Lipinski definition) is 2. The molecule has 2 aromatic carbocycles. The van der Waals surface area contributed by atoms with Crippen LogP contribution in [0.2, 0.25) is 0 Å². The predicted molar refractivity (Wildman–Crippen MR) is 125 cm³/mol. The number of anilines is 1. The highest BCUT2D eigenvalue weighted by atomic mass is 16.5. The Balaban J connectivity index is 1.27. The molecule has 4 rings (SSSR count). The standard InChI is InChI=1S/C25H32N4O3/c26-24(31)25(29-15-5-2-6-16-29)13-17-28(18-14-25)19-23(30)27-20-9-11-22(12-10-20)32-21-7-3-1-4-8-21/h1,3-4,7-12H,2,5-6,13-19H2,(H2,26,31)(H,27,30). The first-order chi connectivity index (χ1) is 15.5. The van der Waals surface area contributed by atoms with Crippen molar-refractivity contribution in [2.45, 2.75) is 37.6 Å². The minimum Gasteiger partial charge on any atom is -0.457 e. The fourth-order valence-electron chi connectivity index (χ4n) is 4.76. The van der Waals surface area contributed by atoms with Crippen molar-refractivity contribution in [3.05, 3.63) is 54.6 Å². The van der Waals surface area contributed by atoms with E-state index in [1.165, 1.54) is 6.42 Å². The third-order valence-corrected chi connectivity index (χ3v) is 6.59. The Bertz CT molecular complexity index is 903. The maximum absolute atomic E-state index is 12.6. The molecule has 2 aliphatic heterocycles. The van der Waals surface area contributed by atoms with Crippen molar-refractivity contribution in [1.82, 2.24) is 9.80 Å². The summed E-state index contributed by atoms with van der Waals surface area (Å²) in [6.45, 7) is 3.56. The van der Waals surface area contributed by atoms with E-state index in [1.54, 1.807) is 0 Å². The van der Waals surface area contributed by atoms with Crippen LogP contribution in [0.5, 0.6) is 11.5 Å². The molecule has 2 saturated heterocycles. The normalized spacial score (nSPS) is 19.2. The summed E-state index contributed by atoms with van der Waals surface area (Å²) in [7, 11) is 0. The van der Waals surface area contributed by atoms with Crippen LogP contribution >= 0.6 is 0 Å². The molecule has 2 heterocycles. The predicted octanol–water partition coefficient (Wildman–Crippen LogP) is 3.22. The van der Waals surface area contributed by atoms with Gasteiger partial charge in [-0.1, -0.05) is 24.6 Å². The molecule has 7 nitrogen and oxygen atoms in total. The second-order valence-electron chi connectivity index (χ2n) is 8.71. The SMILES string of the molecule is NC(=O)C1(N2CCCCC2)CCN(CC(=O)Nc2ccc(Oc3ccccc3)cc2)CC1. The minimum absolute atomic E-state index is 0.0636. The number of carbonyl (C=O) groups is 2. The van der Waals surface area contributed by atoms with Crippen LogP contribution in [-0.2, 0) is 9.59 Å². The van der Waals surface area contributed by atoms with E-state index >= 15 is 0 Å². The zero-order valence-corrected chi connectivity index (χ0v) is 18.5. The van der Waals surface area contributed by atoms with Gasteiger partial charge in [-0.3, -0.25) is 19.4 Å². The van der Waals surface area contributed by atoms with Gasteiger partial charge in [-0.15, -0.1) is 0 Å². The summed E-state index contributed by atoms with van der Waals surface area (Å²) in [5, 5.41) is 2.95. The first kappa shape index (κ1) is 22.3. The molecule has 3 N–H and O–H groups in total. The van der Waals surface area contributed by atoms with Crippen molar-refractivity contribution in [3.63, 3.8) is 0 Å². The number of rotatable bonds is 7. The Hall–Kier alpha value is -2.90. The van der Waals surface area contributed by atoms with Crippen LogP contribution in [0.25, 0.3) is 0 Å². The van der Waals surface area contributed by atoms with E-state index in [4.69, 9.17) is 10.5 Å². The molecule has 2 amide bonds. The van der Waals surface area contributed by atoms with Gasteiger partial charge in [0, 0.05) is 18.8 Å². The molecule has 0 spiro atoms. The number of nitrogens with zero attached hydrogens (tertiary/aromatic N) is 2. The highest BCUT2D eigenvalue weighted by Crippen LogP contribution is 2.31. The van der Waals surface area contributed by atoms with Crippen molar-refractivity contribution in [2.75, 3.05) is 38.0 Å². The first-order valence-corrected chi connectivity index (χ1v) is 11.5. The second-order valence-corrected chi connectivity index (χ2v) is 8.71. The van der Waals surface area contributed by atoms with E-state index < -0.39 is 5.54 Å². The van der Waals surface area contributed by atoms with Gasteiger partial charge in [-0.2, -0.15) is 0 Å². The average Bonchev–Trinajstić information content (AvgIpc) is 2.82. The van der Waals surface area contributed by atoms with E-state index in [0.717, 1.165) is 37.4 Å². The number of carbonyl (C=O) groups excluding carboxylic acids is 2. The van der Waals surface area contributed by atoms with Gasteiger partial charge in [0.1, 0.15) is 17.0 Å². The van der Waals surface area contributed by atoms with Gasteiger partial charge in [0.25, 0.3) is 0 Å². The topological polar surface area (TPSA) is 87.9 Å². The molecule has 32 heavy (non-hydrogen) atoms. The molecular weight excluding hydrogens is 404 g/mol. The monoisotopic (exact) mass is 436 g/mol. The van der Waals surface area contributed by atoms with Crippen LogP contribution in [0, 0.1) is 0 Å². The van der Waals surface area contributed by atoms with E-state index in [0.29, 0.717) is 38.2 Å². The first-order valence-electron chi connectivity index (χ1n) is 11.5. The van der Waals surface area contributed by atoms with Crippen LogP contribution in [0.15, 0.2) is 54.6 Å². The quantitative estimate of drug-likeness (QED) is 0.696. The number of nitrogens with two attached hydrogens (primary N) is 1. The van der Waals surface area contributed by atoms with Crippen LogP contribution in [0.1, 0.15) is 32.1 Å². The summed E-state index contributed by atoms with van der Waals surface area (Å²) < 4.78 is 5.79. The average molecular weight is 437 g/mol. The number of hydrogen-bond acceptors (Lipinski definition) is 5.